The molecule has 4 rings (SSSR count). The second-order valence-electron chi connectivity index (χ2n) is 8.14. The number of amides is 1. The van der Waals surface area contributed by atoms with E-state index in [1.807, 2.05) is 51.1 Å². The Morgan fingerprint density at radius 3 is 2.62 bits per heavy atom. The largest absolute Gasteiger partial charge is 0.447 e. The van der Waals surface area contributed by atoms with Gasteiger partial charge in [-0.2, -0.15) is 4.98 Å². The molecule has 2 aromatic carbocycles. The molecule has 0 bridgehead atoms. The fraction of sp³-hybridized carbons (Fsp3) is 0.360. The number of fused-ring (bicyclic) bond motifs is 3. The zero-order chi connectivity index (χ0) is 22.8. The van der Waals surface area contributed by atoms with Crippen molar-refractivity contribution in [2.75, 3.05) is 10.7 Å². The average molecular weight is 449 g/mol. The minimum atomic E-state index is -0.653. The Labute approximate surface area is 193 Å². The number of anilines is 1. The number of aryl methyl sites for hydroxylation is 3. The third-order valence-electron chi connectivity index (χ3n) is 5.56. The second kappa shape index (κ2) is 9.28. The highest BCUT2D eigenvalue weighted by Crippen LogP contribution is 2.45. The summed E-state index contributed by atoms with van der Waals surface area (Å²) in [4.78, 5) is 19.5. The first-order valence-electron chi connectivity index (χ1n) is 10.9. The molecule has 1 aliphatic rings. The van der Waals surface area contributed by atoms with Gasteiger partial charge in [0.25, 0.3) is 0 Å². The van der Waals surface area contributed by atoms with Gasteiger partial charge in [0.1, 0.15) is 0 Å². The SMILES string of the molecule is CCCCSc1nnc2c(n1)OC(c1ccccc1C)N(C(C)=O)c1c(C)cc(C)cc1-2. The van der Waals surface area contributed by atoms with Gasteiger partial charge in [-0.25, -0.2) is 0 Å². The van der Waals surface area contributed by atoms with Gasteiger partial charge in [0.15, 0.2) is 5.69 Å². The van der Waals surface area contributed by atoms with Crippen LogP contribution < -0.4 is 9.64 Å². The molecule has 0 spiro atoms. The molecule has 0 saturated heterocycles. The zero-order valence-corrected chi connectivity index (χ0v) is 20.0. The van der Waals surface area contributed by atoms with Gasteiger partial charge in [0.05, 0.1) is 5.69 Å². The van der Waals surface area contributed by atoms with Gasteiger partial charge in [0.2, 0.25) is 23.2 Å². The lowest BCUT2D eigenvalue weighted by Gasteiger charge is -2.32. The van der Waals surface area contributed by atoms with Crippen molar-refractivity contribution in [3.05, 3.63) is 58.7 Å². The van der Waals surface area contributed by atoms with Gasteiger partial charge in [0, 0.05) is 23.8 Å². The fourth-order valence-corrected chi connectivity index (χ4v) is 4.90. The number of carbonyl (C=O) groups excluding carboxylic acids is 1. The number of hydrogen-bond donors (Lipinski definition) is 0. The lowest BCUT2D eigenvalue weighted by Crippen LogP contribution is -2.37. The van der Waals surface area contributed by atoms with E-state index in [0.717, 1.165) is 52.1 Å². The van der Waals surface area contributed by atoms with Gasteiger partial charge in [-0.15, -0.1) is 10.2 Å². The van der Waals surface area contributed by atoms with Crippen molar-refractivity contribution in [2.24, 2.45) is 0 Å². The van der Waals surface area contributed by atoms with E-state index in [1.54, 1.807) is 23.6 Å². The van der Waals surface area contributed by atoms with Crippen LogP contribution in [0.15, 0.2) is 41.6 Å². The lowest BCUT2D eigenvalue weighted by atomic mass is 9.99. The Bertz CT molecular complexity index is 1160. The van der Waals surface area contributed by atoms with E-state index in [1.165, 1.54) is 0 Å². The summed E-state index contributed by atoms with van der Waals surface area (Å²) in [5, 5.41) is 9.48. The predicted molar refractivity (Wildman–Crippen MR) is 128 cm³/mol. The van der Waals surface area contributed by atoms with E-state index in [-0.39, 0.29) is 5.91 Å². The Morgan fingerprint density at radius 2 is 1.91 bits per heavy atom. The quantitative estimate of drug-likeness (QED) is 0.363. The van der Waals surface area contributed by atoms with E-state index < -0.39 is 6.23 Å². The maximum atomic E-state index is 13.0. The second-order valence-corrected chi connectivity index (χ2v) is 9.21. The van der Waals surface area contributed by atoms with Crippen molar-refractivity contribution in [3.63, 3.8) is 0 Å². The van der Waals surface area contributed by atoms with E-state index in [0.29, 0.717) is 16.7 Å². The summed E-state index contributed by atoms with van der Waals surface area (Å²) in [6.45, 7) is 9.79. The number of hydrogen-bond acceptors (Lipinski definition) is 6. The molecule has 0 N–H and O–H groups in total. The van der Waals surface area contributed by atoms with Gasteiger partial charge in [-0.05, 0) is 44.4 Å². The van der Waals surface area contributed by atoms with Crippen LogP contribution >= 0.6 is 11.8 Å². The van der Waals surface area contributed by atoms with Crippen LogP contribution in [0.1, 0.15) is 55.2 Å². The predicted octanol–water partition coefficient (Wildman–Crippen LogP) is 5.80. The number of carbonyl (C=O) groups is 1. The summed E-state index contributed by atoms with van der Waals surface area (Å²) in [5.74, 6) is 1.22. The summed E-state index contributed by atoms with van der Waals surface area (Å²) >= 11 is 1.57. The number of nitrogens with zero attached hydrogens (tertiary/aromatic N) is 4. The normalized spacial score (nSPS) is 14.9. The van der Waals surface area contributed by atoms with Crippen molar-refractivity contribution in [1.29, 1.82) is 0 Å². The van der Waals surface area contributed by atoms with Crippen molar-refractivity contribution >= 4 is 23.4 Å². The molecule has 0 aliphatic carbocycles. The first-order valence-corrected chi connectivity index (χ1v) is 11.9. The standard InChI is InChI=1S/C25H28N4O2S/c1-6-7-12-32-25-26-23-21(27-28-25)20-14-15(2)13-17(4)22(20)29(18(5)30)24(31-23)19-11-9-8-10-16(19)3/h8-11,13-14,24H,6-7,12H2,1-5H3. The highest BCUT2D eigenvalue weighted by Gasteiger charge is 2.36. The monoisotopic (exact) mass is 448 g/mol. The molecule has 7 heteroatoms. The zero-order valence-electron chi connectivity index (χ0n) is 19.2. The molecule has 1 amide bonds. The molecule has 0 fully saturated rings. The van der Waals surface area contributed by atoms with Crippen LogP contribution in [0, 0.1) is 20.8 Å². The topological polar surface area (TPSA) is 68.2 Å². The van der Waals surface area contributed by atoms with Crippen LogP contribution in [0.3, 0.4) is 0 Å². The van der Waals surface area contributed by atoms with E-state index in [4.69, 9.17) is 9.72 Å². The Hall–Kier alpha value is -2.93. The van der Waals surface area contributed by atoms with Gasteiger partial charge in [-0.1, -0.05) is 61.0 Å². The van der Waals surface area contributed by atoms with Crippen molar-refractivity contribution in [3.8, 4) is 17.1 Å². The highest BCUT2D eigenvalue weighted by molar-refractivity contribution is 7.99. The summed E-state index contributed by atoms with van der Waals surface area (Å²) in [5.41, 5.74) is 6.18. The number of benzene rings is 2. The molecule has 6 nitrogen and oxygen atoms in total. The van der Waals surface area contributed by atoms with E-state index in [2.05, 4.69) is 23.2 Å². The molecule has 2 heterocycles. The van der Waals surface area contributed by atoms with Crippen LogP contribution in [0.4, 0.5) is 5.69 Å². The smallest absolute Gasteiger partial charge is 0.247 e. The molecule has 1 aromatic heterocycles. The minimum absolute atomic E-state index is 0.107. The van der Waals surface area contributed by atoms with Gasteiger partial charge >= 0.3 is 0 Å². The number of thioether (sulfide) groups is 1. The summed E-state index contributed by atoms with van der Waals surface area (Å²) in [7, 11) is 0. The Morgan fingerprint density at radius 1 is 1.12 bits per heavy atom. The van der Waals surface area contributed by atoms with Crippen LogP contribution in [0.2, 0.25) is 0 Å². The molecule has 3 aromatic rings. The average Bonchev–Trinajstić information content (AvgIpc) is 2.89. The first kappa shape index (κ1) is 22.3. The molecule has 0 saturated carbocycles. The van der Waals surface area contributed by atoms with Crippen LogP contribution in [-0.4, -0.2) is 26.8 Å². The van der Waals surface area contributed by atoms with Crippen molar-refractivity contribution in [2.45, 2.75) is 58.8 Å². The van der Waals surface area contributed by atoms with Crippen LogP contribution in [0.5, 0.6) is 5.88 Å². The van der Waals surface area contributed by atoms with Gasteiger partial charge in [-0.3, -0.25) is 9.69 Å². The third kappa shape index (κ3) is 4.21. The molecule has 1 aliphatic heterocycles. The molecule has 0 radical (unpaired) electrons. The fourth-order valence-electron chi connectivity index (χ4n) is 4.04. The number of unbranched alkanes of at least 4 members (excludes halogenated alkanes) is 1. The van der Waals surface area contributed by atoms with E-state index in [9.17, 15) is 4.79 Å². The maximum absolute atomic E-state index is 13.0. The van der Waals surface area contributed by atoms with Crippen LogP contribution in [-0.2, 0) is 4.79 Å². The number of aromatic nitrogens is 3. The first-order chi connectivity index (χ1) is 15.4. The number of rotatable bonds is 5. The van der Waals surface area contributed by atoms with Crippen LogP contribution in [0.25, 0.3) is 11.3 Å². The molecule has 1 atom stereocenters. The third-order valence-corrected chi connectivity index (χ3v) is 6.48. The molecule has 32 heavy (non-hydrogen) atoms. The van der Waals surface area contributed by atoms with Crippen molar-refractivity contribution in [1.82, 2.24) is 15.2 Å². The summed E-state index contributed by atoms with van der Waals surface area (Å²) < 4.78 is 6.50. The molecular weight excluding hydrogens is 420 g/mol. The summed E-state index contributed by atoms with van der Waals surface area (Å²) in [6, 6.07) is 12.1. The maximum Gasteiger partial charge on any atom is 0.247 e. The Balaban J connectivity index is 1.94. The molecule has 1 unspecified atom stereocenters. The number of ether oxygens (including phenoxy) is 1. The summed E-state index contributed by atoms with van der Waals surface area (Å²) in [6.07, 6.45) is 1.54. The van der Waals surface area contributed by atoms with E-state index >= 15 is 0 Å². The lowest BCUT2D eigenvalue weighted by molar-refractivity contribution is -0.118. The molecule has 166 valence electrons. The minimum Gasteiger partial charge on any atom is -0.447 e. The Kier molecular flexibility index (Phi) is 6.46. The van der Waals surface area contributed by atoms with Crippen molar-refractivity contribution < 1.29 is 9.53 Å². The highest BCUT2D eigenvalue weighted by atomic mass is 32.2. The van der Waals surface area contributed by atoms with Gasteiger partial charge < -0.3 is 4.74 Å². The molecular formula is C25H28N4O2S.